The first-order valence-corrected chi connectivity index (χ1v) is 9.86. The number of nitrogens with zero attached hydrogens (tertiary/aromatic N) is 3. The van der Waals surface area contributed by atoms with Crippen LogP contribution in [-0.4, -0.2) is 16.0 Å². The third-order valence-corrected chi connectivity index (χ3v) is 5.31. The molecule has 3 aromatic heterocycles. The topological polar surface area (TPSA) is 59.2 Å². The number of rotatable bonds is 5. The van der Waals surface area contributed by atoms with Crippen LogP contribution in [0.4, 0.5) is 5.82 Å². The van der Waals surface area contributed by atoms with Crippen molar-refractivity contribution < 1.29 is 9.32 Å². The van der Waals surface area contributed by atoms with E-state index in [1.807, 2.05) is 53.9 Å². The predicted octanol–water partition coefficient (Wildman–Crippen LogP) is 5.41. The number of thiophene rings is 1. The van der Waals surface area contributed by atoms with Crippen LogP contribution in [0.5, 0.6) is 0 Å². The molecule has 5 nitrogen and oxygen atoms in total. The van der Waals surface area contributed by atoms with E-state index in [0.717, 1.165) is 14.9 Å². The highest BCUT2D eigenvalue weighted by atomic mass is 79.9. The molecule has 0 unspecified atom stereocenters. The van der Waals surface area contributed by atoms with Crippen molar-refractivity contribution in [2.45, 2.75) is 6.54 Å². The summed E-state index contributed by atoms with van der Waals surface area (Å²) in [5.74, 6) is 0.862. The van der Waals surface area contributed by atoms with Gasteiger partial charge < -0.3 is 4.52 Å². The van der Waals surface area contributed by atoms with Gasteiger partial charge >= 0.3 is 0 Å². The van der Waals surface area contributed by atoms with E-state index >= 15 is 0 Å². The van der Waals surface area contributed by atoms with Crippen molar-refractivity contribution in [1.82, 2.24) is 10.1 Å². The number of carbonyl (C=O) groups is 1. The number of carbonyl (C=O) groups excluding carboxylic acids is 1. The first-order valence-electron chi connectivity index (χ1n) is 8.18. The fraction of sp³-hybridized carbons (Fsp3) is 0.0500. The Balaban J connectivity index is 1.64. The molecule has 1 aromatic carbocycles. The monoisotopic (exact) mass is 439 g/mol. The number of aromatic nitrogens is 2. The number of amides is 1. The van der Waals surface area contributed by atoms with Gasteiger partial charge in [0.2, 0.25) is 0 Å². The molecule has 0 bridgehead atoms. The summed E-state index contributed by atoms with van der Waals surface area (Å²) in [6.07, 6.45) is 1.67. The minimum atomic E-state index is -0.255. The molecule has 134 valence electrons. The van der Waals surface area contributed by atoms with Crippen molar-refractivity contribution >= 4 is 39.0 Å². The van der Waals surface area contributed by atoms with Gasteiger partial charge in [0.1, 0.15) is 5.82 Å². The maximum Gasteiger partial charge on any atom is 0.281 e. The lowest BCUT2D eigenvalue weighted by molar-refractivity contribution is 0.0976. The van der Waals surface area contributed by atoms with Crippen molar-refractivity contribution in [3.63, 3.8) is 0 Å². The molecule has 3 heterocycles. The largest absolute Gasteiger partial charge is 0.355 e. The lowest BCUT2D eigenvalue weighted by Gasteiger charge is -2.19. The average Bonchev–Trinajstić information content (AvgIpc) is 3.39. The van der Waals surface area contributed by atoms with Crippen LogP contribution in [0, 0.1) is 0 Å². The van der Waals surface area contributed by atoms with Crippen LogP contribution in [0.25, 0.3) is 11.3 Å². The Labute approximate surface area is 168 Å². The van der Waals surface area contributed by atoms with E-state index in [9.17, 15) is 4.79 Å². The van der Waals surface area contributed by atoms with E-state index in [-0.39, 0.29) is 11.6 Å². The molecule has 27 heavy (non-hydrogen) atoms. The highest BCUT2D eigenvalue weighted by Gasteiger charge is 2.23. The highest BCUT2D eigenvalue weighted by molar-refractivity contribution is 9.10. The molecule has 0 N–H and O–H groups in total. The molecule has 0 aliphatic rings. The SMILES string of the molecule is O=C(c1cc(-c2ccc(Br)cc2)on1)N(Cc1cccs1)c1ccccn1. The van der Waals surface area contributed by atoms with Gasteiger partial charge in [-0.05, 0) is 35.7 Å². The normalized spacial score (nSPS) is 10.7. The number of anilines is 1. The molecule has 0 saturated heterocycles. The van der Waals surface area contributed by atoms with Crippen LogP contribution in [0.15, 0.2) is 81.2 Å². The molecule has 0 aliphatic heterocycles. The number of pyridine rings is 1. The molecular formula is C20H14BrN3O2S. The van der Waals surface area contributed by atoms with Gasteiger partial charge in [0.25, 0.3) is 5.91 Å². The van der Waals surface area contributed by atoms with E-state index in [2.05, 4.69) is 26.1 Å². The first-order chi connectivity index (χ1) is 13.2. The van der Waals surface area contributed by atoms with E-state index in [0.29, 0.717) is 18.1 Å². The number of hydrogen-bond donors (Lipinski definition) is 0. The maximum absolute atomic E-state index is 13.1. The van der Waals surface area contributed by atoms with Gasteiger partial charge in [0, 0.05) is 27.2 Å². The summed E-state index contributed by atoms with van der Waals surface area (Å²) in [7, 11) is 0. The van der Waals surface area contributed by atoms with Gasteiger partial charge in [-0.25, -0.2) is 4.98 Å². The smallest absolute Gasteiger partial charge is 0.281 e. The standard InChI is InChI=1S/C20H14BrN3O2S/c21-15-8-6-14(7-9-15)18-12-17(23-26-18)20(25)24(13-16-4-3-11-27-16)19-5-1-2-10-22-19/h1-12H,13H2. The fourth-order valence-electron chi connectivity index (χ4n) is 2.59. The summed E-state index contributed by atoms with van der Waals surface area (Å²) in [6.45, 7) is 0.425. The molecular weight excluding hydrogens is 426 g/mol. The summed E-state index contributed by atoms with van der Waals surface area (Å²) < 4.78 is 6.37. The summed E-state index contributed by atoms with van der Waals surface area (Å²) in [4.78, 5) is 20.1. The molecule has 7 heteroatoms. The molecule has 0 saturated carbocycles. The Hall–Kier alpha value is -2.77. The predicted molar refractivity (Wildman–Crippen MR) is 109 cm³/mol. The van der Waals surface area contributed by atoms with Gasteiger partial charge in [-0.15, -0.1) is 11.3 Å². The first kappa shape index (κ1) is 17.6. The Bertz CT molecular complexity index is 1030. The van der Waals surface area contributed by atoms with Crippen molar-refractivity contribution in [2.75, 3.05) is 4.90 Å². The van der Waals surface area contributed by atoms with Crippen LogP contribution in [0.2, 0.25) is 0 Å². The van der Waals surface area contributed by atoms with Gasteiger partial charge in [-0.3, -0.25) is 9.69 Å². The third kappa shape index (κ3) is 3.99. The molecule has 4 aromatic rings. The Morgan fingerprint density at radius 2 is 1.96 bits per heavy atom. The van der Waals surface area contributed by atoms with Gasteiger partial charge in [0.05, 0.1) is 6.54 Å². The van der Waals surface area contributed by atoms with E-state index in [1.54, 1.807) is 34.6 Å². The number of halogens is 1. The minimum absolute atomic E-state index is 0.245. The van der Waals surface area contributed by atoms with E-state index in [1.165, 1.54) is 0 Å². The molecule has 0 spiro atoms. The van der Waals surface area contributed by atoms with E-state index < -0.39 is 0 Å². The zero-order valence-electron chi connectivity index (χ0n) is 14.1. The highest BCUT2D eigenvalue weighted by Crippen LogP contribution is 2.25. The van der Waals surface area contributed by atoms with Crippen molar-refractivity contribution in [1.29, 1.82) is 0 Å². The second-order valence-electron chi connectivity index (χ2n) is 5.74. The maximum atomic E-state index is 13.1. The Morgan fingerprint density at radius 1 is 1.11 bits per heavy atom. The van der Waals surface area contributed by atoms with Crippen molar-refractivity contribution in [3.8, 4) is 11.3 Å². The van der Waals surface area contributed by atoms with Crippen LogP contribution < -0.4 is 4.90 Å². The summed E-state index contributed by atoms with van der Waals surface area (Å²) in [5.41, 5.74) is 1.10. The van der Waals surface area contributed by atoms with Crippen molar-refractivity contribution in [3.05, 3.63) is 87.3 Å². The lowest BCUT2D eigenvalue weighted by atomic mass is 10.1. The van der Waals surface area contributed by atoms with E-state index in [4.69, 9.17) is 4.52 Å². The second kappa shape index (κ2) is 7.85. The van der Waals surface area contributed by atoms with Crippen LogP contribution in [0.1, 0.15) is 15.4 Å². The second-order valence-corrected chi connectivity index (χ2v) is 7.69. The molecule has 4 rings (SSSR count). The number of hydrogen-bond acceptors (Lipinski definition) is 5. The van der Waals surface area contributed by atoms with Gasteiger partial charge in [0.15, 0.2) is 11.5 Å². The third-order valence-electron chi connectivity index (χ3n) is 3.92. The molecule has 0 radical (unpaired) electrons. The van der Waals surface area contributed by atoms with Gasteiger partial charge in [-0.2, -0.15) is 0 Å². The Morgan fingerprint density at radius 3 is 2.67 bits per heavy atom. The summed E-state index contributed by atoms with van der Waals surface area (Å²) in [5, 5.41) is 5.97. The zero-order chi connectivity index (χ0) is 18.6. The van der Waals surface area contributed by atoms with Gasteiger partial charge in [-0.1, -0.05) is 45.4 Å². The lowest BCUT2D eigenvalue weighted by Crippen LogP contribution is -2.31. The molecule has 1 amide bonds. The van der Waals surface area contributed by atoms with Crippen molar-refractivity contribution in [2.24, 2.45) is 0 Å². The summed E-state index contributed by atoms with van der Waals surface area (Å²) >= 11 is 5.00. The minimum Gasteiger partial charge on any atom is -0.355 e. The summed E-state index contributed by atoms with van der Waals surface area (Å²) in [6, 6.07) is 18.7. The molecule has 0 aliphatic carbocycles. The quantitative estimate of drug-likeness (QED) is 0.417. The molecule has 0 atom stereocenters. The van der Waals surface area contributed by atoms with Crippen LogP contribution in [0.3, 0.4) is 0 Å². The fourth-order valence-corrected chi connectivity index (χ4v) is 3.55. The zero-order valence-corrected chi connectivity index (χ0v) is 16.5. The van der Waals surface area contributed by atoms with Crippen LogP contribution in [-0.2, 0) is 6.54 Å². The van der Waals surface area contributed by atoms with Crippen LogP contribution >= 0.6 is 27.3 Å². The Kier molecular flexibility index (Phi) is 5.13. The number of benzene rings is 1. The average molecular weight is 440 g/mol. The molecule has 0 fully saturated rings.